The molecule has 2 aliphatic rings. The van der Waals surface area contributed by atoms with Crippen LogP contribution in [-0.2, 0) is 20.9 Å². The Kier molecular flexibility index (Phi) is 4.73. The Labute approximate surface area is 144 Å². The van der Waals surface area contributed by atoms with Gasteiger partial charge in [-0.1, -0.05) is 23.7 Å². The molecule has 0 saturated carbocycles. The third-order valence-electron chi connectivity index (χ3n) is 4.30. The highest BCUT2D eigenvalue weighted by Crippen LogP contribution is 2.28. The molecular weight excluding hydrogens is 334 g/mol. The number of halogens is 1. The van der Waals surface area contributed by atoms with Gasteiger partial charge in [0.25, 0.3) is 5.91 Å². The number of hydrogen-bond acceptors (Lipinski definition) is 4. The van der Waals surface area contributed by atoms with Gasteiger partial charge >= 0.3 is 6.03 Å². The highest BCUT2D eigenvalue weighted by molar-refractivity contribution is 6.30. The third kappa shape index (κ3) is 3.37. The predicted octanol–water partition coefficient (Wildman–Crippen LogP) is 1.06. The lowest BCUT2D eigenvalue weighted by Gasteiger charge is -2.30. The minimum atomic E-state index is -0.911. The molecule has 0 radical (unpaired) electrons. The molecule has 0 unspecified atom stereocenters. The Hall–Kier alpha value is -2.12. The summed E-state index contributed by atoms with van der Waals surface area (Å²) in [5.74, 6) is -0.741. The second kappa shape index (κ2) is 6.78. The fourth-order valence-corrected chi connectivity index (χ4v) is 3.01. The van der Waals surface area contributed by atoms with E-state index in [9.17, 15) is 14.4 Å². The van der Waals surface area contributed by atoms with E-state index in [4.69, 9.17) is 16.3 Å². The number of urea groups is 1. The van der Waals surface area contributed by atoms with E-state index in [1.807, 2.05) is 0 Å². The fourth-order valence-electron chi connectivity index (χ4n) is 2.88. The Morgan fingerprint density at radius 3 is 2.58 bits per heavy atom. The van der Waals surface area contributed by atoms with E-state index in [0.29, 0.717) is 37.6 Å². The summed E-state index contributed by atoms with van der Waals surface area (Å²) in [7, 11) is 0. The molecule has 2 saturated heterocycles. The van der Waals surface area contributed by atoms with Gasteiger partial charge in [0.2, 0.25) is 5.91 Å². The Morgan fingerprint density at radius 2 is 1.92 bits per heavy atom. The predicted molar refractivity (Wildman–Crippen MR) is 86.3 cm³/mol. The van der Waals surface area contributed by atoms with Crippen molar-refractivity contribution < 1.29 is 19.1 Å². The molecule has 0 aliphatic carbocycles. The van der Waals surface area contributed by atoms with Crippen LogP contribution in [-0.4, -0.2) is 48.0 Å². The highest BCUT2D eigenvalue weighted by atomic mass is 35.5. The van der Waals surface area contributed by atoms with E-state index in [-0.39, 0.29) is 12.5 Å². The van der Waals surface area contributed by atoms with E-state index in [2.05, 4.69) is 10.6 Å². The average Bonchev–Trinajstić information content (AvgIpc) is 2.79. The number of carbonyl (C=O) groups excluding carboxylic acids is 3. The third-order valence-corrected chi connectivity index (χ3v) is 4.55. The van der Waals surface area contributed by atoms with Crippen molar-refractivity contribution in [1.82, 2.24) is 15.5 Å². The van der Waals surface area contributed by atoms with Crippen molar-refractivity contribution in [1.29, 1.82) is 0 Å². The zero-order chi connectivity index (χ0) is 17.2. The first-order valence-corrected chi connectivity index (χ1v) is 8.11. The van der Waals surface area contributed by atoms with Gasteiger partial charge in [-0.25, -0.2) is 4.79 Å². The normalized spacial score (nSPS) is 19.5. The van der Waals surface area contributed by atoms with Crippen LogP contribution in [0.2, 0.25) is 5.02 Å². The van der Waals surface area contributed by atoms with Crippen molar-refractivity contribution in [3.8, 4) is 0 Å². The number of carbonyl (C=O) groups is 3. The summed E-state index contributed by atoms with van der Waals surface area (Å²) in [4.78, 5) is 37.6. The molecular formula is C16H18ClN3O4. The molecule has 1 aromatic carbocycles. The number of benzene rings is 1. The van der Waals surface area contributed by atoms with E-state index >= 15 is 0 Å². The molecule has 0 atom stereocenters. The van der Waals surface area contributed by atoms with Gasteiger partial charge in [-0.05, 0) is 17.7 Å². The van der Waals surface area contributed by atoms with Crippen LogP contribution in [0.3, 0.4) is 0 Å². The lowest BCUT2D eigenvalue weighted by Crippen LogP contribution is -2.51. The summed E-state index contributed by atoms with van der Waals surface area (Å²) in [5.41, 5.74) is -0.0305. The molecule has 128 valence electrons. The lowest BCUT2D eigenvalue weighted by atomic mass is 9.90. The van der Waals surface area contributed by atoms with Crippen LogP contribution in [0.4, 0.5) is 4.79 Å². The average molecular weight is 352 g/mol. The van der Waals surface area contributed by atoms with Crippen molar-refractivity contribution in [2.45, 2.75) is 24.9 Å². The molecule has 2 N–H and O–H groups in total. The summed E-state index contributed by atoms with van der Waals surface area (Å²) in [6.45, 7) is 0.852. The Balaban J connectivity index is 1.56. The molecule has 8 heteroatoms. The van der Waals surface area contributed by atoms with Gasteiger partial charge in [-0.2, -0.15) is 0 Å². The summed E-state index contributed by atoms with van der Waals surface area (Å²) in [6.07, 6.45) is 0.862. The number of imide groups is 1. The molecule has 3 rings (SSSR count). The molecule has 24 heavy (non-hydrogen) atoms. The Morgan fingerprint density at radius 1 is 1.25 bits per heavy atom. The lowest BCUT2D eigenvalue weighted by molar-refractivity contribution is -0.137. The minimum absolute atomic E-state index is 0.291. The summed E-state index contributed by atoms with van der Waals surface area (Å²) < 4.78 is 5.24. The van der Waals surface area contributed by atoms with Crippen molar-refractivity contribution in [3.63, 3.8) is 0 Å². The molecule has 2 fully saturated rings. The first-order valence-electron chi connectivity index (χ1n) is 7.73. The molecule has 1 aromatic rings. The number of rotatable bonds is 4. The van der Waals surface area contributed by atoms with Gasteiger partial charge in [0.1, 0.15) is 12.1 Å². The summed E-state index contributed by atoms with van der Waals surface area (Å²) >= 11 is 5.81. The zero-order valence-corrected chi connectivity index (χ0v) is 13.8. The first kappa shape index (κ1) is 16.7. The number of nitrogens with zero attached hydrogens (tertiary/aromatic N) is 1. The minimum Gasteiger partial charge on any atom is -0.381 e. The number of nitrogens with one attached hydrogen (secondary N) is 2. The molecule has 0 bridgehead atoms. The van der Waals surface area contributed by atoms with Gasteiger partial charge < -0.3 is 15.4 Å². The SMILES string of the molecule is O=C(CN1C(=O)NC2(CCOCC2)C1=O)NCc1ccc(Cl)cc1. The number of hydrogen-bond donors (Lipinski definition) is 2. The van der Waals surface area contributed by atoms with E-state index < -0.39 is 17.5 Å². The van der Waals surface area contributed by atoms with Crippen LogP contribution in [0.5, 0.6) is 0 Å². The van der Waals surface area contributed by atoms with Crippen molar-refractivity contribution >= 4 is 29.4 Å². The van der Waals surface area contributed by atoms with Gasteiger partial charge in [-0.3, -0.25) is 14.5 Å². The van der Waals surface area contributed by atoms with Crippen molar-refractivity contribution in [2.24, 2.45) is 0 Å². The van der Waals surface area contributed by atoms with Gasteiger partial charge in [0.15, 0.2) is 0 Å². The number of amides is 4. The highest BCUT2D eigenvalue weighted by Gasteiger charge is 2.52. The van der Waals surface area contributed by atoms with Crippen molar-refractivity contribution in [2.75, 3.05) is 19.8 Å². The first-order chi connectivity index (χ1) is 11.5. The maximum absolute atomic E-state index is 12.5. The zero-order valence-electron chi connectivity index (χ0n) is 13.0. The molecule has 2 heterocycles. The van der Waals surface area contributed by atoms with Crippen LogP contribution >= 0.6 is 11.6 Å². The van der Waals surface area contributed by atoms with Crippen LogP contribution in [0, 0.1) is 0 Å². The smallest absolute Gasteiger partial charge is 0.325 e. The van der Waals surface area contributed by atoms with Gasteiger partial charge in [0.05, 0.1) is 0 Å². The summed E-state index contributed by atoms with van der Waals surface area (Å²) in [6, 6.07) is 6.54. The molecule has 2 aliphatic heterocycles. The fraction of sp³-hybridized carbons (Fsp3) is 0.438. The standard InChI is InChI=1S/C16H18ClN3O4/c17-12-3-1-11(2-4-12)9-18-13(21)10-20-14(22)16(19-15(20)23)5-7-24-8-6-16/h1-4H,5-10H2,(H,18,21)(H,19,23). The maximum atomic E-state index is 12.5. The maximum Gasteiger partial charge on any atom is 0.325 e. The van der Waals surface area contributed by atoms with Crippen molar-refractivity contribution in [3.05, 3.63) is 34.9 Å². The van der Waals surface area contributed by atoms with Crippen LogP contribution in [0.1, 0.15) is 18.4 Å². The molecule has 0 aromatic heterocycles. The van der Waals surface area contributed by atoms with E-state index in [1.165, 1.54) is 0 Å². The Bertz CT molecular complexity index is 656. The van der Waals surface area contributed by atoms with Crippen LogP contribution in [0.25, 0.3) is 0 Å². The van der Waals surface area contributed by atoms with Crippen LogP contribution in [0.15, 0.2) is 24.3 Å². The number of ether oxygens (including phenoxy) is 1. The second-order valence-corrected chi connectivity index (χ2v) is 6.36. The molecule has 7 nitrogen and oxygen atoms in total. The summed E-state index contributed by atoms with van der Waals surface area (Å²) in [5, 5.41) is 6.03. The second-order valence-electron chi connectivity index (χ2n) is 5.92. The topological polar surface area (TPSA) is 87.7 Å². The largest absolute Gasteiger partial charge is 0.381 e. The molecule has 4 amide bonds. The van der Waals surface area contributed by atoms with Gasteiger partial charge in [-0.15, -0.1) is 0 Å². The van der Waals surface area contributed by atoms with Crippen LogP contribution < -0.4 is 10.6 Å². The monoisotopic (exact) mass is 351 g/mol. The quantitative estimate of drug-likeness (QED) is 0.794. The van der Waals surface area contributed by atoms with Gasteiger partial charge in [0, 0.05) is 37.6 Å². The van der Waals surface area contributed by atoms with E-state index in [0.717, 1.165) is 10.5 Å². The van der Waals surface area contributed by atoms with E-state index in [1.54, 1.807) is 24.3 Å². The molecule has 1 spiro atoms.